The highest BCUT2D eigenvalue weighted by molar-refractivity contribution is 7.13. The average molecular weight is 316 g/mol. The minimum Gasteiger partial charge on any atom is -0.427 e. The van der Waals surface area contributed by atoms with Crippen LogP contribution >= 0.6 is 11.3 Å². The Morgan fingerprint density at radius 1 is 1.33 bits per heavy atom. The van der Waals surface area contributed by atoms with Gasteiger partial charge >= 0.3 is 12.1 Å². The van der Waals surface area contributed by atoms with Gasteiger partial charge in [0.2, 0.25) is 0 Å². The van der Waals surface area contributed by atoms with Gasteiger partial charge in [0.15, 0.2) is 10.8 Å². The quantitative estimate of drug-likeness (QED) is 0.678. The monoisotopic (exact) mass is 316 g/mol. The fourth-order valence-electron chi connectivity index (χ4n) is 1.39. The molecule has 0 amide bonds. The van der Waals surface area contributed by atoms with Crippen molar-refractivity contribution in [1.29, 1.82) is 0 Å². The summed E-state index contributed by atoms with van der Waals surface area (Å²) in [4.78, 5) is 14.6. The molecule has 0 radical (unpaired) electrons. The van der Waals surface area contributed by atoms with E-state index in [4.69, 9.17) is 4.74 Å². The van der Waals surface area contributed by atoms with Gasteiger partial charge in [-0.25, -0.2) is 4.98 Å². The molecule has 1 aromatic carbocycles. The number of hydrogen-bond donors (Lipinski definition) is 1. The zero-order chi connectivity index (χ0) is 15.5. The Morgan fingerprint density at radius 2 is 2.00 bits per heavy atom. The van der Waals surface area contributed by atoms with Crippen LogP contribution in [0.2, 0.25) is 0 Å². The van der Waals surface area contributed by atoms with Gasteiger partial charge in [-0.3, -0.25) is 4.79 Å². The largest absolute Gasteiger partial charge is 0.434 e. The van der Waals surface area contributed by atoms with E-state index >= 15 is 0 Å². The molecule has 1 heterocycles. The number of carbonyl (C=O) groups is 1. The molecule has 0 saturated heterocycles. The number of alkyl halides is 3. The first-order chi connectivity index (χ1) is 9.88. The molecule has 0 fully saturated rings. The second-order valence-electron chi connectivity index (χ2n) is 4.01. The molecule has 0 aliphatic heterocycles. The predicted octanol–water partition coefficient (Wildman–Crippen LogP) is 4.22. The third-order valence-corrected chi connectivity index (χ3v) is 3.18. The van der Waals surface area contributed by atoms with Crippen molar-refractivity contribution in [3.8, 4) is 5.75 Å². The smallest absolute Gasteiger partial charge is 0.427 e. The fourth-order valence-corrected chi connectivity index (χ4v) is 2.13. The molecule has 0 unspecified atom stereocenters. The lowest BCUT2D eigenvalue weighted by Crippen LogP contribution is -2.05. The molecule has 2 rings (SSSR count). The van der Waals surface area contributed by atoms with Crippen LogP contribution in [0, 0.1) is 0 Å². The summed E-state index contributed by atoms with van der Waals surface area (Å²) in [5.41, 5.74) is -0.377. The molecule has 0 bridgehead atoms. The van der Waals surface area contributed by atoms with Crippen molar-refractivity contribution in [2.24, 2.45) is 0 Å². The molecule has 4 nitrogen and oxygen atoms in total. The number of nitrogens with zero attached hydrogens (tertiary/aromatic N) is 1. The second-order valence-corrected chi connectivity index (χ2v) is 4.87. The van der Waals surface area contributed by atoms with Gasteiger partial charge in [-0.15, -0.1) is 11.3 Å². The molecule has 0 saturated carbocycles. The Kier molecular flexibility index (Phi) is 4.46. The highest BCUT2D eigenvalue weighted by atomic mass is 32.1. The number of benzene rings is 1. The first-order valence-electron chi connectivity index (χ1n) is 5.99. The molecule has 8 heteroatoms. The molecule has 1 aromatic heterocycles. The van der Waals surface area contributed by atoms with E-state index in [2.05, 4.69) is 10.3 Å². The molecule has 112 valence electrons. The lowest BCUT2D eigenvalue weighted by molar-refractivity contribution is -0.140. The summed E-state index contributed by atoms with van der Waals surface area (Å²) in [7, 11) is 0. The molecule has 0 aliphatic rings. The first kappa shape index (κ1) is 15.3. The molecule has 0 spiro atoms. The van der Waals surface area contributed by atoms with Crippen LogP contribution in [-0.2, 0) is 11.0 Å². The van der Waals surface area contributed by atoms with Crippen LogP contribution in [0.5, 0.6) is 5.75 Å². The van der Waals surface area contributed by atoms with Gasteiger partial charge in [-0.1, -0.05) is 6.92 Å². The second kappa shape index (κ2) is 6.13. The number of nitrogens with one attached hydrogen (secondary N) is 1. The van der Waals surface area contributed by atoms with E-state index < -0.39 is 11.9 Å². The molecule has 0 aliphatic carbocycles. The van der Waals surface area contributed by atoms with Gasteiger partial charge in [-0.05, 0) is 24.3 Å². The number of thiazole rings is 1. The number of rotatable bonds is 4. The Balaban J connectivity index is 2.03. The summed E-state index contributed by atoms with van der Waals surface area (Å²) in [6.45, 7) is 1.68. The van der Waals surface area contributed by atoms with Crippen LogP contribution in [0.15, 0.2) is 29.6 Å². The Hall–Kier alpha value is -2.09. The van der Waals surface area contributed by atoms with Gasteiger partial charge in [-0.2, -0.15) is 13.2 Å². The normalized spacial score (nSPS) is 11.2. The van der Waals surface area contributed by atoms with E-state index in [1.807, 2.05) is 0 Å². The topological polar surface area (TPSA) is 51.2 Å². The third-order valence-electron chi connectivity index (χ3n) is 2.42. The number of carbonyl (C=O) groups excluding carboxylic acids is 1. The van der Waals surface area contributed by atoms with E-state index in [-0.39, 0.29) is 17.5 Å². The highest BCUT2D eigenvalue weighted by Crippen LogP contribution is 2.32. The average Bonchev–Trinajstić information content (AvgIpc) is 2.89. The Bertz CT molecular complexity index is 623. The number of ether oxygens (including phenoxy) is 1. The molecule has 1 N–H and O–H groups in total. The fraction of sp³-hybridized carbons (Fsp3) is 0.231. The number of hydrogen-bond acceptors (Lipinski definition) is 5. The van der Waals surface area contributed by atoms with Crippen LogP contribution in [0.1, 0.15) is 19.0 Å². The summed E-state index contributed by atoms with van der Waals surface area (Å²) in [6.07, 6.45) is -4.19. The standard InChI is InChI=1S/C13H11F3N2O2S/c1-2-11(19)20-9-5-3-8(4-6-9)17-12-18-10(7-21-12)13(14,15)16/h3-7H,2H2,1H3,(H,17,18). The number of anilines is 2. The molecular weight excluding hydrogens is 305 g/mol. The van der Waals surface area contributed by atoms with Crippen molar-refractivity contribution in [2.75, 3.05) is 5.32 Å². The van der Waals surface area contributed by atoms with Crippen LogP contribution in [0.25, 0.3) is 0 Å². The van der Waals surface area contributed by atoms with Crippen molar-refractivity contribution < 1.29 is 22.7 Å². The van der Waals surface area contributed by atoms with Crippen LogP contribution in [-0.4, -0.2) is 11.0 Å². The van der Waals surface area contributed by atoms with E-state index in [1.54, 1.807) is 31.2 Å². The van der Waals surface area contributed by atoms with Gasteiger partial charge in [0.05, 0.1) is 0 Å². The summed E-state index contributed by atoms with van der Waals surface area (Å²) in [5, 5.41) is 3.84. The van der Waals surface area contributed by atoms with Crippen molar-refractivity contribution in [3.63, 3.8) is 0 Å². The SMILES string of the molecule is CCC(=O)Oc1ccc(Nc2nc(C(F)(F)F)cs2)cc1. The van der Waals surface area contributed by atoms with Crippen LogP contribution in [0.3, 0.4) is 0 Å². The molecule has 0 atom stereocenters. The Morgan fingerprint density at radius 3 is 2.52 bits per heavy atom. The summed E-state index contributed by atoms with van der Waals surface area (Å²) >= 11 is 0.862. The van der Waals surface area contributed by atoms with Crippen molar-refractivity contribution in [2.45, 2.75) is 19.5 Å². The van der Waals surface area contributed by atoms with Gasteiger partial charge < -0.3 is 10.1 Å². The third kappa shape index (κ3) is 4.19. The van der Waals surface area contributed by atoms with Gasteiger partial charge in [0.25, 0.3) is 0 Å². The summed E-state index contributed by atoms with van der Waals surface area (Å²) in [6, 6.07) is 6.28. The Labute approximate surface area is 122 Å². The summed E-state index contributed by atoms with van der Waals surface area (Å²) in [5.74, 6) is 0.0213. The van der Waals surface area contributed by atoms with Crippen LogP contribution in [0.4, 0.5) is 24.0 Å². The van der Waals surface area contributed by atoms with E-state index in [1.165, 1.54) is 0 Å². The van der Waals surface area contributed by atoms with Gasteiger partial charge in [0.1, 0.15) is 5.75 Å². The number of aromatic nitrogens is 1. The predicted molar refractivity (Wildman–Crippen MR) is 72.8 cm³/mol. The minimum atomic E-state index is -4.45. The lowest BCUT2D eigenvalue weighted by atomic mass is 10.3. The maximum absolute atomic E-state index is 12.4. The maximum atomic E-state index is 12.4. The van der Waals surface area contributed by atoms with Crippen LogP contribution < -0.4 is 10.1 Å². The lowest BCUT2D eigenvalue weighted by Gasteiger charge is -2.05. The van der Waals surface area contributed by atoms with Crippen molar-refractivity contribution in [1.82, 2.24) is 4.98 Å². The zero-order valence-electron chi connectivity index (χ0n) is 10.9. The van der Waals surface area contributed by atoms with E-state index in [0.717, 1.165) is 16.7 Å². The first-order valence-corrected chi connectivity index (χ1v) is 6.87. The van der Waals surface area contributed by atoms with Gasteiger partial charge in [0, 0.05) is 17.5 Å². The maximum Gasteiger partial charge on any atom is 0.434 e. The molecule has 21 heavy (non-hydrogen) atoms. The van der Waals surface area contributed by atoms with Crippen molar-refractivity contribution in [3.05, 3.63) is 35.3 Å². The summed E-state index contributed by atoms with van der Waals surface area (Å²) < 4.78 is 42.2. The number of halogens is 3. The zero-order valence-corrected chi connectivity index (χ0v) is 11.7. The number of esters is 1. The molecular formula is C13H11F3N2O2S. The molecule has 2 aromatic rings. The minimum absolute atomic E-state index is 0.139. The van der Waals surface area contributed by atoms with E-state index in [9.17, 15) is 18.0 Å². The highest BCUT2D eigenvalue weighted by Gasteiger charge is 2.33. The van der Waals surface area contributed by atoms with Crippen molar-refractivity contribution >= 4 is 28.1 Å². The van der Waals surface area contributed by atoms with E-state index in [0.29, 0.717) is 11.4 Å².